The molecule has 2 heterocycles. The predicted octanol–water partition coefficient (Wildman–Crippen LogP) is 0.856. The Hall–Kier alpha value is -2.35. The van der Waals surface area contributed by atoms with E-state index in [0.29, 0.717) is 23.5 Å². The molecule has 0 aliphatic carbocycles. The van der Waals surface area contributed by atoms with E-state index >= 15 is 0 Å². The van der Waals surface area contributed by atoms with Gasteiger partial charge in [0.15, 0.2) is 0 Å². The van der Waals surface area contributed by atoms with Gasteiger partial charge in [0, 0.05) is 7.05 Å². The van der Waals surface area contributed by atoms with Crippen molar-refractivity contribution in [2.75, 3.05) is 0 Å². The van der Waals surface area contributed by atoms with Crippen molar-refractivity contribution in [1.29, 1.82) is 0 Å². The summed E-state index contributed by atoms with van der Waals surface area (Å²) in [6.45, 7) is 2.22. The molecule has 8 heteroatoms. The molecule has 0 spiro atoms. The van der Waals surface area contributed by atoms with E-state index in [1.165, 1.54) is 0 Å². The van der Waals surface area contributed by atoms with Crippen LogP contribution in [0.1, 0.15) is 22.5 Å². The monoisotopic (exact) mass is 320 g/mol. The number of hydrogen-bond donors (Lipinski definition) is 1. The van der Waals surface area contributed by atoms with E-state index in [2.05, 4.69) is 9.50 Å². The fraction of sp³-hybridized carbons (Fsp3) is 0.286. The van der Waals surface area contributed by atoms with Crippen LogP contribution in [-0.4, -0.2) is 24.0 Å². The summed E-state index contributed by atoms with van der Waals surface area (Å²) in [6, 6.07) is 7.14. The summed E-state index contributed by atoms with van der Waals surface area (Å²) in [6.07, 6.45) is 0. The summed E-state index contributed by atoms with van der Waals surface area (Å²) in [4.78, 5) is 0. The average molecular weight is 320 g/mol. The van der Waals surface area contributed by atoms with Crippen molar-refractivity contribution >= 4 is 15.9 Å². The number of aryl methyl sites for hydroxylation is 2. The van der Waals surface area contributed by atoms with Crippen molar-refractivity contribution in [3.05, 3.63) is 46.8 Å². The Morgan fingerprint density at radius 2 is 2.18 bits per heavy atom. The van der Waals surface area contributed by atoms with Gasteiger partial charge >= 0.3 is 0 Å². The van der Waals surface area contributed by atoms with Crippen molar-refractivity contribution < 1.29 is 13.2 Å². The van der Waals surface area contributed by atoms with E-state index in [-0.39, 0.29) is 11.6 Å². The van der Waals surface area contributed by atoms with E-state index in [4.69, 9.17) is 10.5 Å². The van der Waals surface area contributed by atoms with Crippen molar-refractivity contribution in [3.8, 4) is 5.75 Å². The van der Waals surface area contributed by atoms with Crippen molar-refractivity contribution in [3.63, 3.8) is 0 Å². The Morgan fingerprint density at radius 3 is 2.86 bits per heavy atom. The molecule has 0 atom stereocenters. The molecule has 0 radical (unpaired) electrons. The summed E-state index contributed by atoms with van der Waals surface area (Å²) < 4.78 is 34.4. The minimum Gasteiger partial charge on any atom is -0.487 e. The van der Waals surface area contributed by atoms with Gasteiger partial charge in [-0.05, 0) is 24.6 Å². The quantitative estimate of drug-likeness (QED) is 0.904. The van der Waals surface area contributed by atoms with Crippen molar-refractivity contribution in [1.82, 2.24) is 9.78 Å². The molecule has 1 aromatic heterocycles. The number of ether oxygens (including phenoxy) is 1. The molecule has 1 aliphatic rings. The van der Waals surface area contributed by atoms with Gasteiger partial charge in [-0.2, -0.15) is 5.10 Å². The third-order valence-corrected chi connectivity index (χ3v) is 4.57. The Labute approximate surface area is 128 Å². The van der Waals surface area contributed by atoms with E-state index in [1.807, 2.05) is 20.0 Å². The number of nitrogens with zero attached hydrogens (tertiary/aromatic N) is 3. The third-order valence-electron chi connectivity index (χ3n) is 3.42. The van der Waals surface area contributed by atoms with Crippen LogP contribution in [0.15, 0.2) is 28.7 Å². The zero-order valence-electron chi connectivity index (χ0n) is 12.3. The van der Waals surface area contributed by atoms with Gasteiger partial charge in [0.05, 0.1) is 22.7 Å². The number of rotatable bonds is 3. The van der Waals surface area contributed by atoms with Crippen LogP contribution >= 0.6 is 0 Å². The van der Waals surface area contributed by atoms with Crippen molar-refractivity contribution in [2.45, 2.75) is 19.3 Å². The van der Waals surface area contributed by atoms with Gasteiger partial charge in [0.1, 0.15) is 18.2 Å². The van der Waals surface area contributed by atoms with Crippen LogP contribution in [0.3, 0.4) is 0 Å². The van der Waals surface area contributed by atoms with E-state index in [0.717, 1.165) is 11.4 Å². The lowest BCUT2D eigenvalue weighted by molar-refractivity contribution is 0.294. The van der Waals surface area contributed by atoms with Gasteiger partial charge in [0.2, 0.25) is 0 Å². The lowest BCUT2D eigenvalue weighted by Crippen LogP contribution is -2.24. The summed E-state index contributed by atoms with van der Waals surface area (Å²) in [5, 5.41) is 4.25. The van der Waals surface area contributed by atoms with Crippen molar-refractivity contribution in [2.24, 2.45) is 17.2 Å². The number of fused-ring (bicyclic) bond motifs is 1. The molecule has 3 rings (SSSR count). The Balaban J connectivity index is 1.92. The first kappa shape index (κ1) is 14.6. The maximum absolute atomic E-state index is 11.6. The van der Waals surface area contributed by atoms with Crippen LogP contribution in [0, 0.1) is 6.92 Å². The molecule has 1 aliphatic heterocycles. The highest BCUT2D eigenvalue weighted by molar-refractivity contribution is 7.89. The number of sulfonamides is 1. The summed E-state index contributed by atoms with van der Waals surface area (Å²) in [5.74, 6) is 0.330. The first-order valence-corrected chi connectivity index (χ1v) is 8.29. The number of hydrogen-bond acceptors (Lipinski definition) is 5. The van der Waals surface area contributed by atoms with Gasteiger partial charge in [-0.3, -0.25) is 4.68 Å². The highest BCUT2D eigenvalue weighted by Gasteiger charge is 2.25. The number of nitrogens with two attached hydrogens (primary N) is 1. The van der Waals surface area contributed by atoms with Crippen LogP contribution in [0.5, 0.6) is 5.75 Å². The second-order valence-electron chi connectivity index (χ2n) is 5.18. The fourth-order valence-corrected chi connectivity index (χ4v) is 3.57. The zero-order valence-corrected chi connectivity index (χ0v) is 13.1. The predicted molar refractivity (Wildman–Crippen MR) is 82.1 cm³/mol. The fourth-order valence-electron chi connectivity index (χ4n) is 2.48. The second kappa shape index (κ2) is 5.13. The highest BCUT2D eigenvalue weighted by Crippen LogP contribution is 2.28. The minimum atomic E-state index is -3.54. The molecule has 0 unspecified atom stereocenters. The van der Waals surface area contributed by atoms with E-state index in [1.54, 1.807) is 22.9 Å². The van der Waals surface area contributed by atoms with Gasteiger partial charge < -0.3 is 10.5 Å². The molecule has 116 valence electrons. The summed E-state index contributed by atoms with van der Waals surface area (Å²) >= 11 is 0. The Morgan fingerprint density at radius 1 is 1.41 bits per heavy atom. The number of benzene rings is 1. The lowest BCUT2D eigenvalue weighted by Gasteiger charge is -2.18. The normalized spacial score (nSPS) is 16.0. The van der Waals surface area contributed by atoms with Gasteiger partial charge in [-0.25, -0.2) is 8.42 Å². The lowest BCUT2D eigenvalue weighted by atomic mass is 10.1. The number of amidine groups is 1. The minimum absolute atomic E-state index is 0.0296. The van der Waals surface area contributed by atoms with Gasteiger partial charge in [-0.1, -0.05) is 12.1 Å². The van der Waals surface area contributed by atoms with E-state index < -0.39 is 10.0 Å². The molecule has 0 saturated carbocycles. The van der Waals surface area contributed by atoms with Crippen LogP contribution in [0.2, 0.25) is 0 Å². The highest BCUT2D eigenvalue weighted by atomic mass is 32.2. The Kier molecular flexibility index (Phi) is 3.40. The van der Waals surface area contributed by atoms with Crippen LogP contribution in [-0.2, 0) is 29.4 Å². The molecule has 7 nitrogen and oxygen atoms in total. The maximum Gasteiger partial charge on any atom is 0.259 e. The maximum atomic E-state index is 11.6. The summed E-state index contributed by atoms with van der Waals surface area (Å²) in [7, 11) is -1.70. The SMILES string of the molecule is Cc1cc(COc2cccc3c2C(N)=NS(=O)(=O)C3)n(C)n1. The first-order chi connectivity index (χ1) is 10.4. The Bertz CT molecular complexity index is 868. The topological polar surface area (TPSA) is 99.6 Å². The summed E-state index contributed by atoms with van der Waals surface area (Å²) in [5.41, 5.74) is 8.77. The van der Waals surface area contributed by atoms with Crippen LogP contribution < -0.4 is 10.5 Å². The molecule has 0 amide bonds. The molecule has 0 saturated heterocycles. The molecule has 22 heavy (non-hydrogen) atoms. The molecular weight excluding hydrogens is 304 g/mol. The first-order valence-electron chi connectivity index (χ1n) is 6.68. The second-order valence-corrected chi connectivity index (χ2v) is 6.82. The van der Waals surface area contributed by atoms with Gasteiger partial charge in [-0.15, -0.1) is 4.40 Å². The van der Waals surface area contributed by atoms with Gasteiger partial charge in [0.25, 0.3) is 10.0 Å². The van der Waals surface area contributed by atoms with E-state index in [9.17, 15) is 8.42 Å². The largest absolute Gasteiger partial charge is 0.487 e. The zero-order chi connectivity index (χ0) is 15.9. The molecule has 2 N–H and O–H groups in total. The molecule has 1 aromatic carbocycles. The standard InChI is InChI=1S/C14H16N4O3S/c1-9-6-11(18(2)16-9)7-21-12-5-3-4-10-8-22(19,20)17-14(15)13(10)12/h3-6H,7-8H2,1-2H3,(H2,15,17). The molecule has 0 bridgehead atoms. The molecule has 2 aromatic rings. The third kappa shape index (κ3) is 2.69. The number of aromatic nitrogens is 2. The average Bonchev–Trinajstić information content (AvgIpc) is 2.72. The molecule has 0 fully saturated rings. The smallest absolute Gasteiger partial charge is 0.259 e. The van der Waals surface area contributed by atoms with Crippen LogP contribution in [0.25, 0.3) is 0 Å². The molecular formula is C14H16N4O3S. The van der Waals surface area contributed by atoms with Crippen LogP contribution in [0.4, 0.5) is 0 Å².